The van der Waals surface area contributed by atoms with E-state index in [2.05, 4.69) is 27.2 Å². The van der Waals surface area contributed by atoms with Crippen LogP contribution in [0.3, 0.4) is 0 Å². The molecule has 1 aromatic carbocycles. The Bertz CT molecular complexity index is 828. The molecule has 2 aromatic heterocycles. The molecule has 1 atom stereocenters. The Morgan fingerprint density at radius 1 is 1.22 bits per heavy atom. The molecule has 6 nitrogen and oxygen atoms in total. The van der Waals surface area contributed by atoms with Gasteiger partial charge in [0.25, 0.3) is 0 Å². The van der Waals surface area contributed by atoms with Crippen molar-refractivity contribution < 1.29 is 9.90 Å². The summed E-state index contributed by atoms with van der Waals surface area (Å²) >= 11 is 0. The van der Waals surface area contributed by atoms with Gasteiger partial charge in [-0.25, -0.2) is 14.8 Å². The third kappa shape index (κ3) is 3.42. The minimum Gasteiger partial charge on any atom is -0.478 e. The number of nitrogens with one attached hydrogen (secondary N) is 1. The summed E-state index contributed by atoms with van der Waals surface area (Å²) < 4.78 is 0. The summed E-state index contributed by atoms with van der Waals surface area (Å²) in [4.78, 5) is 23.4. The molecule has 0 aliphatic heterocycles. The fraction of sp³-hybridized carbons (Fsp3) is 0.176. The molecule has 23 heavy (non-hydrogen) atoms. The number of aromatic carboxylic acids is 1. The normalized spacial score (nSPS) is 12.0. The second-order valence-corrected chi connectivity index (χ2v) is 5.37. The molecule has 2 N–H and O–H groups in total. The monoisotopic (exact) mass is 308 g/mol. The number of carboxylic acids is 1. The molecule has 6 heteroatoms. The molecule has 2 heterocycles. The van der Waals surface area contributed by atoms with Crippen LogP contribution < -0.4 is 5.32 Å². The quantitative estimate of drug-likeness (QED) is 0.753. The largest absolute Gasteiger partial charge is 0.478 e. The zero-order valence-electron chi connectivity index (χ0n) is 12.6. The third-order valence-electron chi connectivity index (χ3n) is 3.56. The molecular weight excluding hydrogens is 292 g/mol. The number of fused-ring (bicyclic) bond motifs is 1. The zero-order valence-corrected chi connectivity index (χ0v) is 12.6. The summed E-state index contributed by atoms with van der Waals surface area (Å²) in [7, 11) is 0. The number of hydrogen-bond acceptors (Lipinski definition) is 5. The number of anilines is 1. The van der Waals surface area contributed by atoms with Gasteiger partial charge in [-0.1, -0.05) is 12.1 Å². The van der Waals surface area contributed by atoms with Gasteiger partial charge in [-0.05, 0) is 37.1 Å². The molecule has 0 radical (unpaired) electrons. The lowest BCUT2D eigenvalue weighted by atomic mass is 10.0. The van der Waals surface area contributed by atoms with E-state index < -0.39 is 5.97 Å². The molecule has 0 aliphatic rings. The molecule has 0 saturated carbocycles. The van der Waals surface area contributed by atoms with Crippen LogP contribution in [0.4, 0.5) is 5.82 Å². The summed E-state index contributed by atoms with van der Waals surface area (Å²) in [6.07, 6.45) is 5.70. The molecule has 0 saturated heterocycles. The number of carboxylic acid groups (broad SMARTS) is 1. The van der Waals surface area contributed by atoms with Crippen LogP contribution in [0.2, 0.25) is 0 Å². The van der Waals surface area contributed by atoms with Crippen molar-refractivity contribution in [2.45, 2.75) is 19.4 Å². The van der Waals surface area contributed by atoms with Gasteiger partial charge in [-0.3, -0.25) is 4.98 Å². The lowest BCUT2D eigenvalue weighted by molar-refractivity contribution is 0.0697. The Kier molecular flexibility index (Phi) is 4.14. The van der Waals surface area contributed by atoms with Gasteiger partial charge in [0.2, 0.25) is 0 Å². The Hall–Kier alpha value is -3.02. The van der Waals surface area contributed by atoms with Crippen molar-refractivity contribution in [2.75, 3.05) is 5.32 Å². The zero-order chi connectivity index (χ0) is 16.2. The van der Waals surface area contributed by atoms with Gasteiger partial charge in [-0.2, -0.15) is 0 Å². The topological polar surface area (TPSA) is 88.0 Å². The van der Waals surface area contributed by atoms with E-state index in [1.807, 2.05) is 18.2 Å². The summed E-state index contributed by atoms with van der Waals surface area (Å²) in [6.45, 7) is 2.06. The predicted octanol–water partition coefficient (Wildman–Crippen LogP) is 2.77. The first kappa shape index (κ1) is 14.9. The second-order valence-electron chi connectivity index (χ2n) is 5.37. The summed E-state index contributed by atoms with van der Waals surface area (Å²) in [6, 6.07) is 8.93. The summed E-state index contributed by atoms with van der Waals surface area (Å²) in [5.74, 6) is -0.143. The van der Waals surface area contributed by atoms with Crippen molar-refractivity contribution in [1.82, 2.24) is 15.0 Å². The highest BCUT2D eigenvalue weighted by atomic mass is 16.4. The first-order chi connectivity index (χ1) is 11.1. The molecule has 3 rings (SSSR count). The minimum atomic E-state index is -0.913. The number of hydrogen-bond donors (Lipinski definition) is 2. The van der Waals surface area contributed by atoms with Crippen LogP contribution in [0.15, 0.2) is 49.1 Å². The van der Waals surface area contributed by atoms with Crippen molar-refractivity contribution >= 4 is 22.7 Å². The molecule has 3 aromatic rings. The van der Waals surface area contributed by atoms with E-state index in [4.69, 9.17) is 5.11 Å². The van der Waals surface area contributed by atoms with Gasteiger partial charge in [0, 0.05) is 17.6 Å². The fourth-order valence-electron chi connectivity index (χ4n) is 2.44. The van der Waals surface area contributed by atoms with Crippen molar-refractivity contribution in [2.24, 2.45) is 0 Å². The predicted molar refractivity (Wildman–Crippen MR) is 87.5 cm³/mol. The van der Waals surface area contributed by atoms with Gasteiger partial charge >= 0.3 is 5.97 Å². The lowest BCUT2D eigenvalue weighted by Crippen LogP contribution is -2.19. The molecule has 0 spiro atoms. The van der Waals surface area contributed by atoms with Crippen molar-refractivity contribution in [1.29, 1.82) is 0 Å². The van der Waals surface area contributed by atoms with Crippen molar-refractivity contribution in [3.8, 4) is 0 Å². The first-order valence-corrected chi connectivity index (χ1v) is 7.27. The number of pyridine rings is 1. The second kappa shape index (κ2) is 6.39. The van der Waals surface area contributed by atoms with Gasteiger partial charge in [0.15, 0.2) is 0 Å². The molecule has 0 amide bonds. The minimum absolute atomic E-state index is 0.136. The maximum absolute atomic E-state index is 10.9. The van der Waals surface area contributed by atoms with Crippen molar-refractivity contribution in [3.63, 3.8) is 0 Å². The standard InChI is InChI=1S/C17H16N4O2/c1-11(8-12-2-4-13(5-3-12)17(22)23)21-16-14-6-7-18-9-15(14)19-10-20-16/h2-7,9-11H,8H2,1H3,(H,22,23)(H,19,20,21). The Labute approximate surface area is 133 Å². The Morgan fingerprint density at radius 2 is 2.00 bits per heavy atom. The maximum Gasteiger partial charge on any atom is 0.335 e. The van der Waals surface area contributed by atoms with Crippen LogP contribution in [-0.4, -0.2) is 32.1 Å². The third-order valence-corrected chi connectivity index (χ3v) is 3.56. The lowest BCUT2D eigenvalue weighted by Gasteiger charge is -2.15. The maximum atomic E-state index is 10.9. The van der Waals surface area contributed by atoms with Crippen LogP contribution in [-0.2, 0) is 6.42 Å². The average molecular weight is 308 g/mol. The van der Waals surface area contributed by atoms with E-state index >= 15 is 0 Å². The molecule has 0 bridgehead atoms. The van der Waals surface area contributed by atoms with E-state index in [0.717, 1.165) is 28.7 Å². The van der Waals surface area contributed by atoms with Gasteiger partial charge in [0.05, 0.1) is 17.3 Å². The number of nitrogens with zero attached hydrogens (tertiary/aromatic N) is 3. The number of benzene rings is 1. The Balaban J connectivity index is 1.73. The van der Waals surface area contributed by atoms with Crippen LogP contribution in [0.25, 0.3) is 10.9 Å². The van der Waals surface area contributed by atoms with Gasteiger partial charge in [-0.15, -0.1) is 0 Å². The van der Waals surface area contributed by atoms with Gasteiger partial charge in [0.1, 0.15) is 12.1 Å². The highest BCUT2D eigenvalue weighted by Gasteiger charge is 2.09. The van der Waals surface area contributed by atoms with E-state index in [1.165, 1.54) is 6.33 Å². The summed E-state index contributed by atoms with van der Waals surface area (Å²) in [5, 5.41) is 13.2. The summed E-state index contributed by atoms with van der Waals surface area (Å²) in [5.41, 5.74) is 2.15. The van der Waals surface area contributed by atoms with Crippen LogP contribution in [0.1, 0.15) is 22.8 Å². The van der Waals surface area contributed by atoms with E-state index in [9.17, 15) is 4.79 Å². The smallest absolute Gasteiger partial charge is 0.335 e. The SMILES string of the molecule is CC(Cc1ccc(C(=O)O)cc1)Nc1ncnc2cnccc12. The van der Waals surface area contributed by atoms with Crippen LogP contribution in [0.5, 0.6) is 0 Å². The fourth-order valence-corrected chi connectivity index (χ4v) is 2.44. The van der Waals surface area contributed by atoms with E-state index in [-0.39, 0.29) is 6.04 Å². The van der Waals surface area contributed by atoms with Crippen LogP contribution >= 0.6 is 0 Å². The first-order valence-electron chi connectivity index (χ1n) is 7.27. The average Bonchev–Trinajstić information content (AvgIpc) is 2.55. The number of carbonyl (C=O) groups is 1. The molecule has 0 fully saturated rings. The Morgan fingerprint density at radius 3 is 2.74 bits per heavy atom. The highest BCUT2D eigenvalue weighted by molar-refractivity contribution is 5.88. The molecule has 116 valence electrons. The van der Waals surface area contributed by atoms with Crippen molar-refractivity contribution in [3.05, 3.63) is 60.2 Å². The molecular formula is C17H16N4O2. The van der Waals surface area contributed by atoms with Crippen LogP contribution in [0, 0.1) is 0 Å². The van der Waals surface area contributed by atoms with E-state index in [1.54, 1.807) is 24.5 Å². The highest BCUT2D eigenvalue weighted by Crippen LogP contribution is 2.19. The molecule has 1 unspecified atom stereocenters. The van der Waals surface area contributed by atoms with Gasteiger partial charge < -0.3 is 10.4 Å². The number of rotatable bonds is 5. The molecule has 0 aliphatic carbocycles. The van der Waals surface area contributed by atoms with E-state index in [0.29, 0.717) is 5.56 Å². The number of aromatic nitrogens is 3.